The van der Waals surface area contributed by atoms with Crippen molar-refractivity contribution < 1.29 is 17.9 Å². The first-order chi connectivity index (χ1) is 9.91. The summed E-state index contributed by atoms with van der Waals surface area (Å²) in [5.41, 5.74) is 0.745. The van der Waals surface area contributed by atoms with Crippen molar-refractivity contribution in [1.29, 1.82) is 0 Å². The van der Waals surface area contributed by atoms with E-state index in [9.17, 15) is 17.9 Å². The summed E-state index contributed by atoms with van der Waals surface area (Å²) in [6, 6.07) is 5.37. The zero-order chi connectivity index (χ0) is 15.5. The van der Waals surface area contributed by atoms with E-state index in [0.29, 0.717) is 5.56 Å². The lowest BCUT2D eigenvalue weighted by Crippen LogP contribution is -2.24. The van der Waals surface area contributed by atoms with Gasteiger partial charge in [-0.15, -0.1) is 5.10 Å². The number of sulfonamides is 1. The summed E-state index contributed by atoms with van der Waals surface area (Å²) < 4.78 is 39.0. The third-order valence-corrected chi connectivity index (χ3v) is 4.26. The van der Waals surface area contributed by atoms with Crippen LogP contribution in [0.25, 0.3) is 0 Å². The molecule has 0 aliphatic heterocycles. The van der Waals surface area contributed by atoms with Gasteiger partial charge in [0.2, 0.25) is 10.0 Å². The molecule has 7 nitrogen and oxygen atoms in total. The van der Waals surface area contributed by atoms with Gasteiger partial charge in [0.05, 0.1) is 18.5 Å². The molecule has 1 heterocycles. The van der Waals surface area contributed by atoms with Crippen LogP contribution in [0.3, 0.4) is 0 Å². The molecule has 1 unspecified atom stereocenters. The van der Waals surface area contributed by atoms with Crippen molar-refractivity contribution in [2.45, 2.75) is 12.6 Å². The summed E-state index contributed by atoms with van der Waals surface area (Å²) in [5, 5.41) is 17.7. The molecule has 0 radical (unpaired) electrons. The fourth-order valence-electron chi connectivity index (χ4n) is 1.68. The number of aliphatic hydroxyl groups is 1. The van der Waals surface area contributed by atoms with Crippen molar-refractivity contribution in [3.05, 3.63) is 47.5 Å². The minimum atomic E-state index is -3.33. The number of hydrogen-bond donors (Lipinski definition) is 2. The molecule has 0 bridgehead atoms. The number of rotatable bonds is 6. The van der Waals surface area contributed by atoms with Crippen LogP contribution in [0.1, 0.15) is 17.4 Å². The van der Waals surface area contributed by atoms with Crippen LogP contribution in [0, 0.1) is 5.82 Å². The van der Waals surface area contributed by atoms with Crippen LogP contribution in [-0.4, -0.2) is 41.3 Å². The molecule has 0 saturated carbocycles. The topological polar surface area (TPSA) is 97.1 Å². The first-order valence-electron chi connectivity index (χ1n) is 6.16. The van der Waals surface area contributed by atoms with Gasteiger partial charge in [-0.25, -0.2) is 17.5 Å². The summed E-state index contributed by atoms with van der Waals surface area (Å²) in [6.07, 6.45) is 0.416. The van der Waals surface area contributed by atoms with E-state index in [1.807, 2.05) is 0 Å². The minimum Gasteiger partial charge on any atom is -0.382 e. The second-order valence-corrected chi connectivity index (χ2v) is 6.43. The molecule has 1 aromatic heterocycles. The average molecular weight is 314 g/mol. The number of nitrogens with zero attached hydrogens (tertiary/aromatic N) is 3. The number of benzene rings is 1. The van der Waals surface area contributed by atoms with Crippen molar-refractivity contribution in [3.8, 4) is 0 Å². The van der Waals surface area contributed by atoms with Gasteiger partial charge < -0.3 is 5.11 Å². The highest BCUT2D eigenvalue weighted by Gasteiger charge is 2.15. The van der Waals surface area contributed by atoms with Crippen LogP contribution >= 0.6 is 0 Å². The van der Waals surface area contributed by atoms with E-state index in [2.05, 4.69) is 15.0 Å². The molecular formula is C12H15FN4O3S. The van der Waals surface area contributed by atoms with Crippen LogP contribution in [0.15, 0.2) is 30.5 Å². The number of hydrogen-bond acceptors (Lipinski definition) is 5. The SMILES string of the molecule is CNS(=O)(=O)CCn1cc(C(O)c2ccc(F)cc2)nn1. The van der Waals surface area contributed by atoms with Crippen molar-refractivity contribution in [3.63, 3.8) is 0 Å². The van der Waals surface area contributed by atoms with Gasteiger partial charge in [-0.05, 0) is 24.7 Å². The highest BCUT2D eigenvalue weighted by atomic mass is 32.2. The molecule has 1 aromatic carbocycles. The van der Waals surface area contributed by atoms with Gasteiger partial charge in [-0.1, -0.05) is 17.3 Å². The average Bonchev–Trinajstić information content (AvgIpc) is 2.94. The Morgan fingerprint density at radius 3 is 2.67 bits per heavy atom. The Morgan fingerprint density at radius 2 is 2.05 bits per heavy atom. The summed E-state index contributed by atoms with van der Waals surface area (Å²) in [6.45, 7) is 0.117. The summed E-state index contributed by atoms with van der Waals surface area (Å²) in [4.78, 5) is 0. The number of aryl methyl sites for hydroxylation is 1. The van der Waals surface area contributed by atoms with E-state index in [1.165, 1.54) is 42.2 Å². The van der Waals surface area contributed by atoms with E-state index in [-0.39, 0.29) is 18.0 Å². The van der Waals surface area contributed by atoms with Gasteiger partial charge in [-0.3, -0.25) is 4.68 Å². The standard InChI is InChI=1S/C12H15FN4O3S/c1-14-21(19,20)7-6-17-8-11(15-16-17)12(18)9-2-4-10(13)5-3-9/h2-5,8,12,14,18H,6-7H2,1H3. The lowest BCUT2D eigenvalue weighted by Gasteiger charge is -2.06. The minimum absolute atomic E-state index is 0.117. The Hall–Kier alpha value is -1.84. The molecule has 0 fully saturated rings. The Bertz CT molecular complexity index is 700. The van der Waals surface area contributed by atoms with Gasteiger partial charge in [0, 0.05) is 0 Å². The van der Waals surface area contributed by atoms with Gasteiger partial charge in [0.25, 0.3) is 0 Å². The van der Waals surface area contributed by atoms with E-state index >= 15 is 0 Å². The number of halogens is 1. The normalized spacial score (nSPS) is 13.3. The van der Waals surface area contributed by atoms with Crippen molar-refractivity contribution >= 4 is 10.0 Å². The molecule has 9 heteroatoms. The molecular weight excluding hydrogens is 299 g/mol. The molecule has 114 valence electrons. The highest BCUT2D eigenvalue weighted by molar-refractivity contribution is 7.89. The lowest BCUT2D eigenvalue weighted by atomic mass is 10.1. The Balaban J connectivity index is 2.07. The van der Waals surface area contributed by atoms with Crippen LogP contribution < -0.4 is 4.72 Å². The maximum Gasteiger partial charge on any atom is 0.213 e. The predicted octanol–water partition coefficient (Wildman–Crippen LogP) is 0.0481. The lowest BCUT2D eigenvalue weighted by molar-refractivity contribution is 0.215. The van der Waals surface area contributed by atoms with E-state index < -0.39 is 21.9 Å². The third-order valence-electron chi connectivity index (χ3n) is 2.92. The third kappa shape index (κ3) is 4.06. The maximum atomic E-state index is 12.8. The first-order valence-corrected chi connectivity index (χ1v) is 7.81. The van der Waals surface area contributed by atoms with Crippen LogP contribution in [0.4, 0.5) is 4.39 Å². The molecule has 2 N–H and O–H groups in total. The van der Waals surface area contributed by atoms with E-state index in [4.69, 9.17) is 0 Å². The second kappa shape index (κ2) is 6.29. The molecule has 21 heavy (non-hydrogen) atoms. The van der Waals surface area contributed by atoms with Crippen molar-refractivity contribution in [2.24, 2.45) is 0 Å². The van der Waals surface area contributed by atoms with Crippen molar-refractivity contribution in [1.82, 2.24) is 19.7 Å². The smallest absolute Gasteiger partial charge is 0.213 e. The number of aromatic nitrogens is 3. The van der Waals surface area contributed by atoms with Gasteiger partial charge in [0.1, 0.15) is 17.6 Å². The predicted molar refractivity (Wildman–Crippen MR) is 73.3 cm³/mol. The fraction of sp³-hybridized carbons (Fsp3) is 0.333. The monoisotopic (exact) mass is 314 g/mol. The number of nitrogens with one attached hydrogen (secondary N) is 1. The molecule has 0 amide bonds. The van der Waals surface area contributed by atoms with Crippen LogP contribution in [0.2, 0.25) is 0 Å². The highest BCUT2D eigenvalue weighted by Crippen LogP contribution is 2.19. The zero-order valence-electron chi connectivity index (χ0n) is 11.3. The van der Waals surface area contributed by atoms with Gasteiger partial charge >= 0.3 is 0 Å². The molecule has 0 aliphatic rings. The van der Waals surface area contributed by atoms with Gasteiger partial charge in [-0.2, -0.15) is 0 Å². The van der Waals surface area contributed by atoms with E-state index in [0.717, 1.165) is 0 Å². The molecule has 0 saturated heterocycles. The zero-order valence-corrected chi connectivity index (χ0v) is 12.1. The molecule has 0 aliphatic carbocycles. The quantitative estimate of drug-likeness (QED) is 0.785. The molecule has 2 rings (SSSR count). The van der Waals surface area contributed by atoms with Crippen LogP contribution in [0.5, 0.6) is 0 Å². The summed E-state index contributed by atoms with van der Waals surface area (Å²) in [7, 11) is -1.99. The number of aliphatic hydroxyl groups excluding tert-OH is 1. The fourth-order valence-corrected chi connectivity index (χ4v) is 2.31. The molecule has 2 aromatic rings. The largest absolute Gasteiger partial charge is 0.382 e. The molecule has 0 spiro atoms. The van der Waals surface area contributed by atoms with Gasteiger partial charge in [0.15, 0.2) is 0 Å². The second-order valence-electron chi connectivity index (χ2n) is 4.38. The Morgan fingerprint density at radius 1 is 1.38 bits per heavy atom. The van der Waals surface area contributed by atoms with Crippen LogP contribution in [-0.2, 0) is 16.6 Å². The molecule has 1 atom stereocenters. The van der Waals surface area contributed by atoms with E-state index in [1.54, 1.807) is 0 Å². The van der Waals surface area contributed by atoms with Crippen molar-refractivity contribution in [2.75, 3.05) is 12.8 Å². The Kier molecular flexibility index (Phi) is 4.66. The summed E-state index contributed by atoms with van der Waals surface area (Å²) in [5.74, 6) is -0.536. The summed E-state index contributed by atoms with van der Waals surface area (Å²) >= 11 is 0. The maximum absolute atomic E-state index is 12.8. The Labute approximate surface area is 121 Å². The first kappa shape index (κ1) is 15.5.